The lowest BCUT2D eigenvalue weighted by Crippen LogP contribution is -1.98. The van der Waals surface area contributed by atoms with Crippen molar-refractivity contribution in [2.24, 2.45) is 0 Å². The minimum absolute atomic E-state index is 0.347. The molecule has 0 N–H and O–H groups in total. The molecule has 0 atom stereocenters. The van der Waals surface area contributed by atoms with E-state index >= 15 is 0 Å². The number of carbonyl (C=O) groups excluding carboxylic acids is 1. The van der Waals surface area contributed by atoms with Crippen LogP contribution in [0.5, 0.6) is 0 Å². The van der Waals surface area contributed by atoms with Crippen LogP contribution < -0.4 is 0 Å². The first-order chi connectivity index (χ1) is 13.0. The summed E-state index contributed by atoms with van der Waals surface area (Å²) in [5.41, 5.74) is 2.75. The fourth-order valence-corrected chi connectivity index (χ4v) is 1.59. The molecule has 3 nitrogen and oxygen atoms in total. The van der Waals surface area contributed by atoms with Crippen molar-refractivity contribution in [3.05, 3.63) is 109 Å². The number of nitrogens with zero attached hydrogens (tertiary/aromatic N) is 1. The monoisotopic (exact) mass is 359 g/mol. The summed E-state index contributed by atoms with van der Waals surface area (Å²) in [6, 6.07) is 21.9. The molecular formula is C24H25NO2. The molecule has 0 saturated carbocycles. The zero-order valence-corrected chi connectivity index (χ0v) is 15.8. The number of nitriles is 1. The average Bonchev–Trinajstić information content (AvgIpc) is 2.73. The third-order valence-corrected chi connectivity index (χ3v) is 2.94. The SMILES string of the molecule is C=C(C)C(=O)OC.C=Cc1ccccc1.N#CC=CC=Cc1ccccc1. The number of hydrogen-bond donors (Lipinski definition) is 0. The number of benzene rings is 2. The molecule has 0 fully saturated rings. The zero-order chi connectivity index (χ0) is 20.3. The second-order valence-corrected chi connectivity index (χ2v) is 5.14. The third-order valence-electron chi connectivity index (χ3n) is 2.94. The molecule has 0 radical (unpaired) electrons. The highest BCUT2D eigenvalue weighted by Crippen LogP contribution is 2.00. The number of allylic oxidation sites excluding steroid dienone is 3. The Morgan fingerprint density at radius 1 is 1.00 bits per heavy atom. The maximum Gasteiger partial charge on any atom is 0.332 e. The molecule has 0 amide bonds. The quantitative estimate of drug-likeness (QED) is 0.298. The second-order valence-electron chi connectivity index (χ2n) is 5.14. The average molecular weight is 359 g/mol. The van der Waals surface area contributed by atoms with Crippen molar-refractivity contribution >= 4 is 18.1 Å². The van der Waals surface area contributed by atoms with E-state index in [4.69, 9.17) is 5.26 Å². The Morgan fingerprint density at radius 3 is 1.85 bits per heavy atom. The Hall–Kier alpha value is -3.64. The van der Waals surface area contributed by atoms with Gasteiger partial charge in [0, 0.05) is 11.6 Å². The van der Waals surface area contributed by atoms with Crippen LogP contribution in [0.3, 0.4) is 0 Å². The minimum atomic E-state index is -0.347. The van der Waals surface area contributed by atoms with Crippen LogP contribution in [0.15, 0.2) is 97.6 Å². The number of esters is 1. The van der Waals surface area contributed by atoms with Gasteiger partial charge < -0.3 is 4.74 Å². The van der Waals surface area contributed by atoms with Gasteiger partial charge in [-0.1, -0.05) is 98.1 Å². The predicted octanol–water partition coefficient (Wildman–Crippen LogP) is 5.84. The fourth-order valence-electron chi connectivity index (χ4n) is 1.59. The number of methoxy groups -OCH3 is 1. The van der Waals surface area contributed by atoms with Gasteiger partial charge in [-0.25, -0.2) is 4.79 Å². The Balaban J connectivity index is 0.000000395. The highest BCUT2D eigenvalue weighted by molar-refractivity contribution is 5.86. The molecule has 27 heavy (non-hydrogen) atoms. The second kappa shape index (κ2) is 15.9. The number of ether oxygens (including phenoxy) is 1. The molecule has 138 valence electrons. The molecule has 0 unspecified atom stereocenters. The molecule has 0 aliphatic rings. The highest BCUT2D eigenvalue weighted by Gasteiger charge is 1.95. The maximum absolute atomic E-state index is 10.2. The zero-order valence-electron chi connectivity index (χ0n) is 15.8. The Bertz CT molecular complexity index is 782. The van der Waals surface area contributed by atoms with Crippen LogP contribution >= 0.6 is 0 Å². The number of carbonyl (C=O) groups is 1. The Labute approximate surface area is 162 Å². The van der Waals surface area contributed by atoms with E-state index in [0.717, 1.165) is 5.56 Å². The van der Waals surface area contributed by atoms with Crippen LogP contribution in [0.2, 0.25) is 0 Å². The van der Waals surface area contributed by atoms with Crippen LogP contribution in [0.25, 0.3) is 12.2 Å². The van der Waals surface area contributed by atoms with Gasteiger partial charge in [-0.15, -0.1) is 0 Å². The molecule has 0 saturated heterocycles. The van der Waals surface area contributed by atoms with Gasteiger partial charge in [0.15, 0.2) is 0 Å². The van der Waals surface area contributed by atoms with Gasteiger partial charge in [0.05, 0.1) is 13.2 Å². The van der Waals surface area contributed by atoms with E-state index in [1.807, 2.05) is 85.0 Å². The van der Waals surface area contributed by atoms with Crippen LogP contribution in [0.4, 0.5) is 0 Å². The smallest absolute Gasteiger partial charge is 0.332 e. The summed E-state index contributed by atoms with van der Waals surface area (Å²) in [5.74, 6) is -0.347. The van der Waals surface area contributed by atoms with E-state index in [2.05, 4.69) is 17.9 Å². The van der Waals surface area contributed by atoms with Gasteiger partial charge in [-0.3, -0.25) is 0 Å². The van der Waals surface area contributed by atoms with Gasteiger partial charge in [-0.2, -0.15) is 5.26 Å². The van der Waals surface area contributed by atoms with Gasteiger partial charge in [-0.05, 0) is 18.1 Å². The van der Waals surface area contributed by atoms with Crippen LogP contribution in [0, 0.1) is 11.3 Å². The van der Waals surface area contributed by atoms with Gasteiger partial charge in [0.25, 0.3) is 0 Å². The summed E-state index contributed by atoms with van der Waals surface area (Å²) in [5, 5.41) is 8.19. The van der Waals surface area contributed by atoms with Crippen molar-refractivity contribution < 1.29 is 9.53 Å². The molecular weight excluding hydrogens is 334 g/mol. The third kappa shape index (κ3) is 13.3. The lowest BCUT2D eigenvalue weighted by Gasteiger charge is -1.91. The Morgan fingerprint density at radius 2 is 1.52 bits per heavy atom. The summed E-state index contributed by atoms with van der Waals surface area (Å²) in [6.07, 6.45) is 8.79. The fraction of sp³-hybridized carbons (Fsp3) is 0.0833. The lowest BCUT2D eigenvalue weighted by atomic mass is 10.2. The van der Waals surface area contributed by atoms with Crippen LogP contribution in [0.1, 0.15) is 18.1 Å². The summed E-state index contributed by atoms with van der Waals surface area (Å²) >= 11 is 0. The molecule has 0 aliphatic heterocycles. The first kappa shape index (κ1) is 23.4. The van der Waals surface area contributed by atoms with E-state index in [-0.39, 0.29) is 5.97 Å². The van der Waals surface area contributed by atoms with Gasteiger partial charge in [0.1, 0.15) is 0 Å². The predicted molar refractivity (Wildman–Crippen MR) is 114 cm³/mol. The largest absolute Gasteiger partial charge is 0.466 e. The number of hydrogen-bond acceptors (Lipinski definition) is 3. The van der Waals surface area contributed by atoms with Crippen molar-refractivity contribution in [1.82, 2.24) is 0 Å². The molecule has 0 heterocycles. The highest BCUT2D eigenvalue weighted by atomic mass is 16.5. The molecule has 2 rings (SSSR count). The van der Waals surface area contributed by atoms with E-state index in [1.165, 1.54) is 18.7 Å². The summed E-state index contributed by atoms with van der Waals surface area (Å²) in [6.45, 7) is 8.59. The maximum atomic E-state index is 10.2. The standard InChI is InChI=1S/C11H9N.C8H8.C5H8O2/c12-10-6-2-5-9-11-7-3-1-4-8-11;1-2-8-6-4-3-5-7-8;1-4(2)5(6)7-3/h1-9H;2-7H,1H2;1H2,2-3H3. The van der Waals surface area contributed by atoms with E-state index in [9.17, 15) is 4.79 Å². The molecule has 2 aromatic rings. The summed E-state index contributed by atoms with van der Waals surface area (Å²) < 4.78 is 4.27. The minimum Gasteiger partial charge on any atom is -0.466 e. The molecule has 3 heteroatoms. The van der Waals surface area contributed by atoms with Crippen molar-refractivity contribution in [2.45, 2.75) is 6.92 Å². The first-order valence-electron chi connectivity index (χ1n) is 8.24. The first-order valence-corrected chi connectivity index (χ1v) is 8.24. The van der Waals surface area contributed by atoms with Gasteiger partial charge in [0.2, 0.25) is 0 Å². The van der Waals surface area contributed by atoms with Crippen LogP contribution in [-0.4, -0.2) is 13.1 Å². The normalized spacial score (nSPS) is 9.22. The van der Waals surface area contributed by atoms with Crippen molar-refractivity contribution in [3.63, 3.8) is 0 Å². The van der Waals surface area contributed by atoms with Crippen molar-refractivity contribution in [2.75, 3.05) is 7.11 Å². The molecule has 0 aliphatic carbocycles. The van der Waals surface area contributed by atoms with E-state index in [1.54, 1.807) is 13.0 Å². The summed E-state index contributed by atoms with van der Waals surface area (Å²) in [4.78, 5) is 10.2. The molecule has 0 bridgehead atoms. The van der Waals surface area contributed by atoms with Crippen molar-refractivity contribution in [1.29, 1.82) is 5.26 Å². The summed E-state index contributed by atoms with van der Waals surface area (Å²) in [7, 11) is 1.33. The van der Waals surface area contributed by atoms with Crippen molar-refractivity contribution in [3.8, 4) is 6.07 Å². The van der Waals surface area contributed by atoms with Gasteiger partial charge >= 0.3 is 5.97 Å². The molecule has 0 aromatic heterocycles. The topological polar surface area (TPSA) is 50.1 Å². The lowest BCUT2D eigenvalue weighted by molar-refractivity contribution is -0.136. The van der Waals surface area contributed by atoms with E-state index in [0.29, 0.717) is 5.57 Å². The van der Waals surface area contributed by atoms with E-state index < -0.39 is 0 Å². The number of rotatable bonds is 4. The molecule has 0 spiro atoms. The Kier molecular flexibility index (Phi) is 13.7. The van der Waals surface area contributed by atoms with Crippen LogP contribution in [-0.2, 0) is 9.53 Å². The molecule has 2 aromatic carbocycles.